The van der Waals surface area contributed by atoms with Crippen molar-refractivity contribution in [3.05, 3.63) is 27.7 Å². The van der Waals surface area contributed by atoms with E-state index in [1.165, 1.54) is 6.07 Å². The van der Waals surface area contributed by atoms with Gasteiger partial charge in [-0.2, -0.15) is 0 Å². The van der Waals surface area contributed by atoms with Crippen molar-refractivity contribution in [2.75, 3.05) is 6.54 Å². The molecule has 0 aromatic heterocycles. The maximum atomic E-state index is 12.5. The van der Waals surface area contributed by atoms with Crippen molar-refractivity contribution in [1.29, 1.82) is 0 Å². The maximum Gasteiger partial charge on any atom is 0.242 e. The molecule has 7 heteroatoms. The lowest BCUT2D eigenvalue weighted by Crippen LogP contribution is -2.27. The monoisotopic (exact) mass is 350 g/mol. The van der Waals surface area contributed by atoms with Crippen molar-refractivity contribution < 1.29 is 8.42 Å². The highest BCUT2D eigenvalue weighted by atomic mass is 35.5. The van der Waals surface area contributed by atoms with E-state index in [9.17, 15) is 8.42 Å². The lowest BCUT2D eigenvalue weighted by atomic mass is 10.2. The van der Waals surface area contributed by atoms with E-state index in [1.54, 1.807) is 6.07 Å². The molecule has 1 aromatic rings. The van der Waals surface area contributed by atoms with Crippen molar-refractivity contribution in [2.24, 2.45) is 5.92 Å². The Morgan fingerprint density at radius 1 is 1.29 bits per heavy atom. The molecule has 1 aliphatic carbocycles. The summed E-state index contributed by atoms with van der Waals surface area (Å²) in [6, 6.07) is 3.12. The van der Waals surface area contributed by atoms with Gasteiger partial charge in [0.25, 0.3) is 0 Å². The van der Waals surface area contributed by atoms with Crippen LogP contribution in [0, 0.1) is 5.92 Å². The zero-order valence-electron chi connectivity index (χ0n) is 12.1. The third-order valence-corrected chi connectivity index (χ3v) is 5.98. The van der Waals surface area contributed by atoms with Gasteiger partial charge in [0, 0.05) is 17.6 Å². The van der Waals surface area contributed by atoms with E-state index in [-0.39, 0.29) is 16.0 Å². The van der Waals surface area contributed by atoms with Crippen LogP contribution in [0.3, 0.4) is 0 Å². The number of nitrogens with one attached hydrogen (secondary N) is 2. The van der Waals surface area contributed by atoms with E-state index in [4.69, 9.17) is 23.2 Å². The van der Waals surface area contributed by atoms with Crippen LogP contribution in [0.15, 0.2) is 17.0 Å². The summed E-state index contributed by atoms with van der Waals surface area (Å²) in [5, 5.41) is 3.73. The molecule has 1 aromatic carbocycles. The van der Waals surface area contributed by atoms with Gasteiger partial charge >= 0.3 is 0 Å². The van der Waals surface area contributed by atoms with Crippen LogP contribution in [0.2, 0.25) is 10.0 Å². The molecule has 21 heavy (non-hydrogen) atoms. The largest absolute Gasteiger partial charge is 0.313 e. The van der Waals surface area contributed by atoms with Crippen molar-refractivity contribution in [3.63, 3.8) is 0 Å². The molecule has 118 valence electrons. The molecule has 4 nitrogen and oxygen atoms in total. The van der Waals surface area contributed by atoms with E-state index < -0.39 is 10.0 Å². The second-order valence-electron chi connectivity index (χ2n) is 5.29. The molecular weight excluding hydrogens is 331 g/mol. The summed E-state index contributed by atoms with van der Waals surface area (Å²) in [6.45, 7) is 5.28. The molecule has 2 rings (SSSR count). The SMILES string of the molecule is CCNCc1cc(Cl)cc(S(=O)(=O)NC2CC2CC)c1Cl. The topological polar surface area (TPSA) is 58.2 Å². The van der Waals surface area contributed by atoms with E-state index in [2.05, 4.69) is 17.0 Å². The molecule has 0 radical (unpaired) electrons. The molecule has 1 saturated carbocycles. The fourth-order valence-corrected chi connectivity index (χ4v) is 4.56. The first kappa shape index (κ1) is 17.0. The van der Waals surface area contributed by atoms with Crippen LogP contribution in [0.1, 0.15) is 32.3 Å². The van der Waals surface area contributed by atoms with Crippen LogP contribution < -0.4 is 10.0 Å². The first-order valence-corrected chi connectivity index (χ1v) is 9.33. The Bertz CT molecular complexity index is 620. The normalized spacial score (nSPS) is 21.5. The summed E-state index contributed by atoms with van der Waals surface area (Å²) in [4.78, 5) is 0.0614. The van der Waals surface area contributed by atoms with Gasteiger partial charge in [0.2, 0.25) is 10.0 Å². The average molecular weight is 351 g/mol. The van der Waals surface area contributed by atoms with Crippen molar-refractivity contribution in [2.45, 2.75) is 44.2 Å². The Kier molecular flexibility index (Phi) is 5.54. The molecule has 0 bridgehead atoms. The number of sulfonamides is 1. The molecule has 0 spiro atoms. The van der Waals surface area contributed by atoms with Crippen LogP contribution >= 0.6 is 23.2 Å². The predicted octanol–water partition coefficient (Wildman–Crippen LogP) is 3.18. The van der Waals surface area contributed by atoms with Crippen molar-refractivity contribution in [3.8, 4) is 0 Å². The number of rotatable bonds is 7. The first-order chi connectivity index (χ1) is 9.89. The first-order valence-electron chi connectivity index (χ1n) is 7.10. The molecular formula is C14H20Cl2N2O2S. The van der Waals surface area contributed by atoms with Crippen LogP contribution in [-0.4, -0.2) is 21.0 Å². The summed E-state index contributed by atoms with van der Waals surface area (Å²) in [5.41, 5.74) is 0.689. The summed E-state index contributed by atoms with van der Waals surface area (Å²) in [5.74, 6) is 0.430. The molecule has 1 aliphatic rings. The minimum absolute atomic E-state index is 0.0206. The van der Waals surface area contributed by atoms with Crippen LogP contribution in [0.4, 0.5) is 0 Å². The molecule has 0 amide bonds. The van der Waals surface area contributed by atoms with E-state index in [0.29, 0.717) is 23.0 Å². The molecule has 0 saturated heterocycles. The lowest BCUT2D eigenvalue weighted by molar-refractivity contribution is 0.575. The van der Waals surface area contributed by atoms with Gasteiger partial charge in [0.15, 0.2) is 0 Å². The third kappa shape index (κ3) is 4.11. The highest BCUT2D eigenvalue weighted by Crippen LogP contribution is 2.36. The Morgan fingerprint density at radius 3 is 2.57 bits per heavy atom. The number of benzene rings is 1. The fraction of sp³-hybridized carbons (Fsp3) is 0.571. The highest BCUT2D eigenvalue weighted by Gasteiger charge is 2.39. The standard InChI is InChI=1S/C14H20Cl2N2O2S/c1-3-9-6-12(9)18-21(19,20)13-7-11(15)5-10(14(13)16)8-17-4-2/h5,7,9,12,17-18H,3-4,6,8H2,1-2H3. The van der Waals surface area contributed by atoms with E-state index >= 15 is 0 Å². The van der Waals surface area contributed by atoms with Crippen molar-refractivity contribution >= 4 is 33.2 Å². The number of hydrogen-bond donors (Lipinski definition) is 2. The summed E-state index contributed by atoms with van der Waals surface area (Å²) < 4.78 is 27.6. The van der Waals surface area contributed by atoms with E-state index in [1.807, 2.05) is 6.92 Å². The Morgan fingerprint density at radius 2 is 2.00 bits per heavy atom. The number of hydrogen-bond acceptors (Lipinski definition) is 3. The summed E-state index contributed by atoms with van der Waals surface area (Å²) in [7, 11) is -3.63. The van der Waals surface area contributed by atoms with Crippen molar-refractivity contribution in [1.82, 2.24) is 10.0 Å². The Hall–Kier alpha value is -0.330. The maximum absolute atomic E-state index is 12.5. The molecule has 2 atom stereocenters. The zero-order chi connectivity index (χ0) is 15.6. The molecule has 0 heterocycles. The van der Waals surface area contributed by atoms with E-state index in [0.717, 1.165) is 19.4 Å². The molecule has 2 N–H and O–H groups in total. The second-order valence-corrected chi connectivity index (χ2v) is 7.79. The van der Waals surface area contributed by atoms with Gasteiger partial charge in [0.1, 0.15) is 4.90 Å². The minimum atomic E-state index is -3.63. The average Bonchev–Trinajstić information content (AvgIpc) is 3.16. The van der Waals surface area contributed by atoms with Gasteiger partial charge in [-0.15, -0.1) is 0 Å². The fourth-order valence-electron chi connectivity index (χ4n) is 2.31. The lowest BCUT2D eigenvalue weighted by Gasteiger charge is -2.12. The minimum Gasteiger partial charge on any atom is -0.313 e. The number of halogens is 2. The van der Waals surface area contributed by atoms with Gasteiger partial charge in [-0.3, -0.25) is 0 Å². The van der Waals surface area contributed by atoms with Crippen LogP contribution in [0.25, 0.3) is 0 Å². The third-order valence-electron chi connectivity index (χ3n) is 3.69. The van der Waals surface area contributed by atoms with Gasteiger partial charge in [-0.05, 0) is 36.6 Å². The Balaban J connectivity index is 2.27. The Labute approximate surface area is 136 Å². The second kappa shape index (κ2) is 6.84. The molecule has 0 aliphatic heterocycles. The van der Waals surface area contributed by atoms with Gasteiger partial charge < -0.3 is 5.32 Å². The zero-order valence-corrected chi connectivity index (χ0v) is 14.4. The molecule has 1 fully saturated rings. The highest BCUT2D eigenvalue weighted by molar-refractivity contribution is 7.89. The predicted molar refractivity (Wildman–Crippen MR) is 86.4 cm³/mol. The summed E-state index contributed by atoms with van der Waals surface area (Å²) >= 11 is 12.3. The molecule has 2 unspecified atom stereocenters. The van der Waals surface area contributed by atoms with Gasteiger partial charge in [-0.1, -0.05) is 43.5 Å². The van der Waals surface area contributed by atoms with Crippen LogP contribution in [-0.2, 0) is 16.6 Å². The smallest absolute Gasteiger partial charge is 0.242 e. The van der Waals surface area contributed by atoms with Gasteiger partial charge in [-0.25, -0.2) is 13.1 Å². The van der Waals surface area contributed by atoms with Gasteiger partial charge in [0.05, 0.1) is 5.02 Å². The summed E-state index contributed by atoms with van der Waals surface area (Å²) in [6.07, 6.45) is 1.86. The quantitative estimate of drug-likeness (QED) is 0.793. The van der Waals surface area contributed by atoms with Crippen LogP contribution in [0.5, 0.6) is 0 Å².